The third kappa shape index (κ3) is 5.08. The Balaban J connectivity index is 1.74. The zero-order chi connectivity index (χ0) is 19.2. The lowest BCUT2D eigenvalue weighted by Gasteiger charge is -2.12. The van der Waals surface area contributed by atoms with Gasteiger partial charge in [0.25, 0.3) is 5.91 Å². The molecule has 0 aromatic heterocycles. The zero-order valence-electron chi connectivity index (χ0n) is 14.8. The monoisotopic (exact) mass is 383 g/mol. The summed E-state index contributed by atoms with van der Waals surface area (Å²) in [6, 6.07) is 19.1. The molecule has 0 fully saturated rings. The van der Waals surface area contributed by atoms with Gasteiger partial charge in [0.15, 0.2) is 0 Å². The van der Waals surface area contributed by atoms with E-state index in [0.29, 0.717) is 29.3 Å². The number of hydrogen-bond acceptors (Lipinski definition) is 2. The molecule has 0 bridgehead atoms. The van der Waals surface area contributed by atoms with Gasteiger partial charge in [-0.25, -0.2) is 4.39 Å². The van der Waals surface area contributed by atoms with Gasteiger partial charge in [0.2, 0.25) is 0 Å². The predicted molar refractivity (Wildman–Crippen MR) is 105 cm³/mol. The van der Waals surface area contributed by atoms with Gasteiger partial charge in [-0.2, -0.15) is 0 Å². The van der Waals surface area contributed by atoms with Crippen molar-refractivity contribution >= 4 is 17.5 Å². The predicted octanol–water partition coefficient (Wildman–Crippen LogP) is 5.01. The summed E-state index contributed by atoms with van der Waals surface area (Å²) < 4.78 is 18.4. The molecule has 0 spiro atoms. The van der Waals surface area contributed by atoms with Gasteiger partial charge < -0.3 is 10.1 Å². The van der Waals surface area contributed by atoms with Crippen LogP contribution >= 0.6 is 11.6 Å². The van der Waals surface area contributed by atoms with Crippen LogP contribution in [0.5, 0.6) is 5.75 Å². The lowest BCUT2D eigenvalue weighted by atomic mass is 10.0. The highest BCUT2D eigenvalue weighted by molar-refractivity contribution is 6.30. The van der Waals surface area contributed by atoms with E-state index in [4.69, 9.17) is 16.3 Å². The summed E-state index contributed by atoms with van der Waals surface area (Å²) in [5.41, 5.74) is 3.33. The molecule has 0 aliphatic heterocycles. The van der Waals surface area contributed by atoms with Crippen molar-refractivity contribution in [3.8, 4) is 5.75 Å². The molecule has 1 N–H and O–H groups in total. The summed E-state index contributed by atoms with van der Waals surface area (Å²) in [6.07, 6.45) is 0.599. The van der Waals surface area contributed by atoms with Crippen LogP contribution in [0.2, 0.25) is 5.02 Å². The summed E-state index contributed by atoms with van der Waals surface area (Å²) in [5, 5.41) is 3.55. The van der Waals surface area contributed by atoms with Crippen LogP contribution in [0.4, 0.5) is 4.39 Å². The third-order valence-electron chi connectivity index (χ3n) is 4.20. The quantitative estimate of drug-likeness (QED) is 0.649. The summed E-state index contributed by atoms with van der Waals surface area (Å²) >= 11 is 5.88. The number of carbonyl (C=O) groups excluding carboxylic acids is 1. The van der Waals surface area contributed by atoms with E-state index >= 15 is 0 Å². The average Bonchev–Trinajstić information content (AvgIpc) is 2.69. The van der Waals surface area contributed by atoms with Crippen LogP contribution in [0, 0.1) is 5.82 Å². The number of benzene rings is 3. The maximum Gasteiger partial charge on any atom is 0.255 e. The molecule has 0 atom stereocenters. The standard InChI is InChI=1S/C22H19ClFNO2/c1-27-21-11-6-17(12-15-4-9-19(24)10-5-15)13-20(21)22(26)25-14-16-2-7-18(23)8-3-16/h2-11,13H,12,14H2,1H3,(H,25,26). The van der Waals surface area contributed by atoms with Gasteiger partial charge in [0.05, 0.1) is 12.7 Å². The highest BCUT2D eigenvalue weighted by atomic mass is 35.5. The van der Waals surface area contributed by atoms with Crippen molar-refractivity contribution in [1.82, 2.24) is 5.32 Å². The van der Waals surface area contributed by atoms with Gasteiger partial charge in [-0.05, 0) is 59.5 Å². The van der Waals surface area contributed by atoms with E-state index < -0.39 is 0 Å². The second-order valence-corrected chi connectivity index (χ2v) is 6.58. The Morgan fingerprint density at radius 3 is 2.26 bits per heavy atom. The molecule has 3 aromatic carbocycles. The number of amides is 1. The second-order valence-electron chi connectivity index (χ2n) is 6.15. The van der Waals surface area contributed by atoms with Gasteiger partial charge >= 0.3 is 0 Å². The number of nitrogens with one attached hydrogen (secondary N) is 1. The third-order valence-corrected chi connectivity index (χ3v) is 4.45. The lowest BCUT2D eigenvalue weighted by Crippen LogP contribution is -2.23. The van der Waals surface area contributed by atoms with Crippen molar-refractivity contribution < 1.29 is 13.9 Å². The highest BCUT2D eigenvalue weighted by Gasteiger charge is 2.13. The Bertz CT molecular complexity index is 924. The van der Waals surface area contributed by atoms with Crippen LogP contribution in [-0.4, -0.2) is 13.0 Å². The van der Waals surface area contributed by atoms with E-state index in [1.54, 1.807) is 36.4 Å². The molecule has 3 nitrogen and oxygen atoms in total. The van der Waals surface area contributed by atoms with Crippen LogP contribution < -0.4 is 10.1 Å². The maximum atomic E-state index is 13.1. The zero-order valence-corrected chi connectivity index (χ0v) is 15.6. The lowest BCUT2D eigenvalue weighted by molar-refractivity contribution is 0.0947. The van der Waals surface area contributed by atoms with E-state index in [9.17, 15) is 9.18 Å². The summed E-state index contributed by atoms with van der Waals surface area (Å²) in [7, 11) is 1.53. The van der Waals surface area contributed by atoms with Crippen LogP contribution in [0.15, 0.2) is 66.7 Å². The van der Waals surface area contributed by atoms with Gasteiger partial charge in [0, 0.05) is 11.6 Å². The number of halogens is 2. The normalized spacial score (nSPS) is 10.5. The largest absolute Gasteiger partial charge is 0.496 e. The van der Waals surface area contributed by atoms with E-state index in [1.165, 1.54) is 19.2 Å². The van der Waals surface area contributed by atoms with Crippen LogP contribution in [0.1, 0.15) is 27.0 Å². The fourth-order valence-corrected chi connectivity index (χ4v) is 2.89. The van der Waals surface area contributed by atoms with E-state index in [2.05, 4.69) is 5.32 Å². The first-order valence-electron chi connectivity index (χ1n) is 8.49. The Hall–Kier alpha value is -2.85. The molecule has 0 radical (unpaired) electrons. The topological polar surface area (TPSA) is 38.3 Å². The molecular weight excluding hydrogens is 365 g/mol. The van der Waals surface area contributed by atoms with Crippen molar-refractivity contribution in [2.75, 3.05) is 7.11 Å². The molecular formula is C22H19ClFNO2. The van der Waals surface area contributed by atoms with E-state index in [1.807, 2.05) is 18.2 Å². The van der Waals surface area contributed by atoms with Crippen molar-refractivity contribution in [2.45, 2.75) is 13.0 Å². The van der Waals surface area contributed by atoms with Gasteiger partial charge in [-0.1, -0.05) is 41.9 Å². The SMILES string of the molecule is COc1ccc(Cc2ccc(F)cc2)cc1C(=O)NCc1ccc(Cl)cc1. The van der Waals surface area contributed by atoms with Crippen molar-refractivity contribution in [2.24, 2.45) is 0 Å². The molecule has 0 saturated heterocycles. The van der Waals surface area contributed by atoms with Crippen molar-refractivity contribution in [1.29, 1.82) is 0 Å². The smallest absolute Gasteiger partial charge is 0.255 e. The molecule has 3 rings (SSSR count). The van der Waals surface area contributed by atoms with Crippen LogP contribution in [-0.2, 0) is 13.0 Å². The van der Waals surface area contributed by atoms with E-state index in [-0.39, 0.29) is 11.7 Å². The molecule has 0 aliphatic rings. The molecule has 5 heteroatoms. The summed E-state index contributed by atoms with van der Waals surface area (Å²) in [4.78, 5) is 12.6. The molecule has 27 heavy (non-hydrogen) atoms. The minimum absolute atomic E-state index is 0.220. The molecule has 3 aromatic rings. The molecule has 0 heterocycles. The summed E-state index contributed by atoms with van der Waals surface area (Å²) in [5.74, 6) is 0.0185. The van der Waals surface area contributed by atoms with Crippen molar-refractivity contribution in [3.05, 3.63) is 99.8 Å². The molecule has 0 saturated carbocycles. The molecule has 0 aliphatic carbocycles. The number of rotatable bonds is 6. The molecule has 1 amide bonds. The Morgan fingerprint density at radius 1 is 0.963 bits per heavy atom. The minimum Gasteiger partial charge on any atom is -0.496 e. The number of ether oxygens (including phenoxy) is 1. The first kappa shape index (κ1) is 18.9. The minimum atomic E-state index is -0.268. The van der Waals surface area contributed by atoms with Gasteiger partial charge in [-0.3, -0.25) is 4.79 Å². The van der Waals surface area contributed by atoms with Gasteiger partial charge in [-0.15, -0.1) is 0 Å². The number of methoxy groups -OCH3 is 1. The average molecular weight is 384 g/mol. The second kappa shape index (κ2) is 8.69. The number of hydrogen-bond donors (Lipinski definition) is 1. The first-order chi connectivity index (χ1) is 13.0. The fraction of sp³-hybridized carbons (Fsp3) is 0.136. The Morgan fingerprint density at radius 2 is 1.59 bits per heavy atom. The van der Waals surface area contributed by atoms with Crippen molar-refractivity contribution in [3.63, 3.8) is 0 Å². The van der Waals surface area contributed by atoms with Crippen LogP contribution in [0.3, 0.4) is 0 Å². The maximum absolute atomic E-state index is 13.1. The van der Waals surface area contributed by atoms with Crippen LogP contribution in [0.25, 0.3) is 0 Å². The molecule has 138 valence electrons. The Labute approximate surface area is 162 Å². The summed E-state index contributed by atoms with van der Waals surface area (Å²) in [6.45, 7) is 0.390. The van der Waals surface area contributed by atoms with E-state index in [0.717, 1.165) is 16.7 Å². The molecule has 0 unspecified atom stereocenters. The van der Waals surface area contributed by atoms with Gasteiger partial charge in [0.1, 0.15) is 11.6 Å². The highest BCUT2D eigenvalue weighted by Crippen LogP contribution is 2.22. The number of carbonyl (C=O) groups is 1. The fourth-order valence-electron chi connectivity index (χ4n) is 2.76. The first-order valence-corrected chi connectivity index (χ1v) is 8.87. The Kier molecular flexibility index (Phi) is 6.09.